The van der Waals surface area contributed by atoms with Crippen molar-refractivity contribution in [2.24, 2.45) is 0 Å². The molecular formula is C11H17N3O2S. The molecule has 2 heterocycles. The molecule has 1 atom stereocenters. The third kappa shape index (κ3) is 3.24. The average Bonchev–Trinajstić information content (AvgIpc) is 2.77. The van der Waals surface area contributed by atoms with Gasteiger partial charge in [-0.1, -0.05) is 0 Å². The molecule has 1 aromatic rings. The summed E-state index contributed by atoms with van der Waals surface area (Å²) >= 11 is 1.54. The fourth-order valence-electron chi connectivity index (χ4n) is 1.61. The van der Waals surface area contributed by atoms with Crippen molar-refractivity contribution < 1.29 is 9.53 Å². The zero-order chi connectivity index (χ0) is 12.3. The Morgan fingerprint density at radius 3 is 3.06 bits per heavy atom. The molecule has 6 heteroatoms. The second-order valence-corrected chi connectivity index (χ2v) is 5.43. The summed E-state index contributed by atoms with van der Waals surface area (Å²) in [6, 6.07) is -0.0570. The molecule has 1 amide bonds. The molecule has 0 aliphatic carbocycles. The molecule has 2 N–H and O–H groups in total. The van der Waals surface area contributed by atoms with E-state index in [1.807, 2.05) is 19.2 Å². The Balaban J connectivity index is 1.73. The summed E-state index contributed by atoms with van der Waals surface area (Å²) in [6.45, 7) is 5.64. The predicted octanol–water partition coefficient (Wildman–Crippen LogP) is 0.699. The van der Waals surface area contributed by atoms with Gasteiger partial charge < -0.3 is 15.4 Å². The molecule has 1 fully saturated rings. The number of nitrogens with one attached hydrogen (secondary N) is 2. The lowest BCUT2D eigenvalue weighted by atomic mass is 10.0. The Kier molecular flexibility index (Phi) is 3.76. The SMILES string of the molecule is CC(NC(=O)COC1(C)CNC1)c1nccs1. The van der Waals surface area contributed by atoms with Crippen molar-refractivity contribution in [3.05, 3.63) is 16.6 Å². The van der Waals surface area contributed by atoms with Crippen molar-refractivity contribution in [2.45, 2.75) is 25.5 Å². The Labute approximate surface area is 105 Å². The monoisotopic (exact) mass is 255 g/mol. The van der Waals surface area contributed by atoms with Crippen molar-refractivity contribution in [2.75, 3.05) is 19.7 Å². The first-order valence-electron chi connectivity index (χ1n) is 5.62. The summed E-state index contributed by atoms with van der Waals surface area (Å²) in [7, 11) is 0. The van der Waals surface area contributed by atoms with Gasteiger partial charge in [-0.2, -0.15) is 0 Å². The van der Waals surface area contributed by atoms with Crippen LogP contribution in [0, 0.1) is 0 Å². The quantitative estimate of drug-likeness (QED) is 0.813. The lowest BCUT2D eigenvalue weighted by Crippen LogP contribution is -2.59. The molecule has 0 radical (unpaired) electrons. The summed E-state index contributed by atoms with van der Waals surface area (Å²) in [5.74, 6) is -0.0965. The molecule has 17 heavy (non-hydrogen) atoms. The number of rotatable bonds is 5. The van der Waals surface area contributed by atoms with E-state index in [-0.39, 0.29) is 24.2 Å². The van der Waals surface area contributed by atoms with Crippen molar-refractivity contribution >= 4 is 17.2 Å². The van der Waals surface area contributed by atoms with Crippen LogP contribution >= 0.6 is 11.3 Å². The molecule has 1 saturated heterocycles. The first-order valence-corrected chi connectivity index (χ1v) is 6.50. The second kappa shape index (κ2) is 5.12. The first-order chi connectivity index (χ1) is 8.09. The van der Waals surface area contributed by atoms with Gasteiger partial charge in [0, 0.05) is 24.7 Å². The van der Waals surface area contributed by atoms with Crippen LogP contribution in [0.25, 0.3) is 0 Å². The summed E-state index contributed by atoms with van der Waals surface area (Å²) in [5, 5.41) is 8.80. The van der Waals surface area contributed by atoms with Gasteiger partial charge in [0.25, 0.3) is 0 Å². The summed E-state index contributed by atoms with van der Waals surface area (Å²) in [5.41, 5.74) is -0.179. The molecule has 94 valence electrons. The number of ether oxygens (including phenoxy) is 1. The molecular weight excluding hydrogens is 238 g/mol. The van der Waals surface area contributed by atoms with Gasteiger partial charge >= 0.3 is 0 Å². The normalized spacial score (nSPS) is 19.4. The molecule has 5 nitrogen and oxygen atoms in total. The van der Waals surface area contributed by atoms with Crippen molar-refractivity contribution in [1.29, 1.82) is 0 Å². The summed E-state index contributed by atoms with van der Waals surface area (Å²) < 4.78 is 5.55. The van der Waals surface area contributed by atoms with Gasteiger partial charge in [0.15, 0.2) is 0 Å². The molecule has 0 saturated carbocycles. The smallest absolute Gasteiger partial charge is 0.246 e. The highest BCUT2D eigenvalue weighted by Crippen LogP contribution is 2.16. The van der Waals surface area contributed by atoms with Crippen LogP contribution in [0.2, 0.25) is 0 Å². The van der Waals surface area contributed by atoms with E-state index in [0.29, 0.717) is 0 Å². The molecule has 0 spiro atoms. The van der Waals surface area contributed by atoms with E-state index >= 15 is 0 Å². The van der Waals surface area contributed by atoms with E-state index in [1.54, 1.807) is 6.20 Å². The number of thiazole rings is 1. The van der Waals surface area contributed by atoms with Crippen molar-refractivity contribution in [3.8, 4) is 0 Å². The van der Waals surface area contributed by atoms with Gasteiger partial charge in [-0.25, -0.2) is 4.98 Å². The fourth-order valence-corrected chi connectivity index (χ4v) is 2.26. The van der Waals surface area contributed by atoms with Crippen LogP contribution in [-0.2, 0) is 9.53 Å². The van der Waals surface area contributed by atoms with E-state index in [9.17, 15) is 4.79 Å². The third-order valence-electron chi connectivity index (χ3n) is 2.75. The molecule has 1 unspecified atom stereocenters. The molecule has 0 bridgehead atoms. The molecule has 0 aromatic carbocycles. The molecule has 1 aromatic heterocycles. The van der Waals surface area contributed by atoms with Crippen LogP contribution in [-0.4, -0.2) is 36.2 Å². The maximum absolute atomic E-state index is 11.7. The van der Waals surface area contributed by atoms with Gasteiger partial charge in [0.1, 0.15) is 11.6 Å². The van der Waals surface area contributed by atoms with Crippen LogP contribution in [0.5, 0.6) is 0 Å². The van der Waals surface area contributed by atoms with E-state index in [1.165, 1.54) is 11.3 Å². The van der Waals surface area contributed by atoms with Gasteiger partial charge in [-0.15, -0.1) is 11.3 Å². The van der Waals surface area contributed by atoms with Gasteiger partial charge in [-0.05, 0) is 13.8 Å². The van der Waals surface area contributed by atoms with E-state index < -0.39 is 0 Å². The number of hydrogen-bond donors (Lipinski definition) is 2. The van der Waals surface area contributed by atoms with E-state index in [0.717, 1.165) is 18.1 Å². The number of hydrogen-bond acceptors (Lipinski definition) is 5. The highest BCUT2D eigenvalue weighted by molar-refractivity contribution is 7.09. The average molecular weight is 255 g/mol. The number of carbonyl (C=O) groups is 1. The number of amides is 1. The third-order valence-corrected chi connectivity index (χ3v) is 3.71. The van der Waals surface area contributed by atoms with E-state index in [4.69, 9.17) is 4.74 Å². The summed E-state index contributed by atoms with van der Waals surface area (Å²) in [6.07, 6.45) is 1.74. The van der Waals surface area contributed by atoms with Gasteiger partial charge in [-0.3, -0.25) is 4.79 Å². The minimum absolute atomic E-state index is 0.0570. The van der Waals surface area contributed by atoms with Crippen LogP contribution in [0.4, 0.5) is 0 Å². The maximum atomic E-state index is 11.7. The molecule has 1 aliphatic rings. The fraction of sp³-hybridized carbons (Fsp3) is 0.636. The number of carbonyl (C=O) groups excluding carboxylic acids is 1. The second-order valence-electron chi connectivity index (χ2n) is 4.50. The standard InChI is InChI=1S/C11H17N3O2S/c1-8(10-13-3-4-17-10)14-9(15)5-16-11(2)6-12-7-11/h3-4,8,12H,5-7H2,1-2H3,(H,14,15). The maximum Gasteiger partial charge on any atom is 0.246 e. The lowest BCUT2D eigenvalue weighted by Gasteiger charge is -2.38. The van der Waals surface area contributed by atoms with Crippen LogP contribution in [0.1, 0.15) is 24.9 Å². The minimum Gasteiger partial charge on any atom is -0.363 e. The highest BCUT2D eigenvalue weighted by Gasteiger charge is 2.33. The predicted molar refractivity (Wildman–Crippen MR) is 65.9 cm³/mol. The largest absolute Gasteiger partial charge is 0.363 e. The first kappa shape index (κ1) is 12.5. The Morgan fingerprint density at radius 2 is 2.53 bits per heavy atom. The lowest BCUT2D eigenvalue weighted by molar-refractivity contribution is -0.136. The van der Waals surface area contributed by atoms with Crippen LogP contribution in [0.15, 0.2) is 11.6 Å². The minimum atomic E-state index is -0.179. The van der Waals surface area contributed by atoms with Crippen LogP contribution in [0.3, 0.4) is 0 Å². The van der Waals surface area contributed by atoms with Crippen molar-refractivity contribution in [3.63, 3.8) is 0 Å². The number of aromatic nitrogens is 1. The topological polar surface area (TPSA) is 63.2 Å². The summed E-state index contributed by atoms with van der Waals surface area (Å²) in [4.78, 5) is 15.8. The zero-order valence-corrected chi connectivity index (χ0v) is 10.8. The van der Waals surface area contributed by atoms with Crippen molar-refractivity contribution in [1.82, 2.24) is 15.6 Å². The van der Waals surface area contributed by atoms with Crippen LogP contribution < -0.4 is 10.6 Å². The Hall–Kier alpha value is -0.980. The van der Waals surface area contributed by atoms with Gasteiger partial charge in [0.05, 0.1) is 11.6 Å². The zero-order valence-electron chi connectivity index (χ0n) is 10.0. The van der Waals surface area contributed by atoms with Gasteiger partial charge in [0.2, 0.25) is 5.91 Å². The van der Waals surface area contributed by atoms with E-state index in [2.05, 4.69) is 15.6 Å². The Bertz CT molecular complexity index is 376. The molecule has 1 aliphatic heterocycles. The number of nitrogens with zero attached hydrogens (tertiary/aromatic N) is 1. The highest BCUT2D eigenvalue weighted by atomic mass is 32.1. The Morgan fingerprint density at radius 1 is 1.76 bits per heavy atom. The molecule has 2 rings (SSSR count).